The monoisotopic (exact) mass is 1540 g/mol. The van der Waals surface area contributed by atoms with E-state index in [0.29, 0.717) is 54.8 Å². The summed E-state index contributed by atoms with van der Waals surface area (Å²) in [5.41, 5.74) is 9.84. The number of rotatable bonds is 21. The van der Waals surface area contributed by atoms with Crippen molar-refractivity contribution in [1.29, 1.82) is 0 Å². The fourth-order valence-corrected chi connectivity index (χ4v) is 11.9. The van der Waals surface area contributed by atoms with Crippen molar-refractivity contribution in [3.05, 3.63) is 144 Å². The van der Waals surface area contributed by atoms with E-state index in [0.717, 1.165) is 135 Å². The Morgan fingerprint density at radius 1 is 0.528 bits per heavy atom. The summed E-state index contributed by atoms with van der Waals surface area (Å²) in [6.45, 7) is 16.2. The molecule has 0 amide bonds. The second kappa shape index (κ2) is 56.8. The van der Waals surface area contributed by atoms with E-state index in [1.807, 2.05) is 48.5 Å². The maximum absolute atomic E-state index is 10.0. The number of alkyl halides is 1. The molecule has 0 aromatic heterocycles. The van der Waals surface area contributed by atoms with Crippen LogP contribution in [0, 0.1) is 35.5 Å². The third kappa shape index (κ3) is 44.8. The molecule has 4 aromatic carbocycles. The number of carbonyl (C=O) groups is 4. The van der Waals surface area contributed by atoms with E-state index in [9.17, 15) is 34.5 Å². The number of aliphatic hydroxyl groups is 6. The van der Waals surface area contributed by atoms with Crippen molar-refractivity contribution in [3.63, 3.8) is 0 Å². The first-order valence-electron chi connectivity index (χ1n) is 37.7. The Morgan fingerprint density at radius 2 is 0.870 bits per heavy atom. The van der Waals surface area contributed by atoms with Crippen LogP contribution >= 0.6 is 11.6 Å². The number of hydrogen-bond acceptors (Lipinski definition) is 24. The quantitative estimate of drug-likeness (QED) is 0.0140. The van der Waals surface area contributed by atoms with Crippen molar-refractivity contribution in [1.82, 2.24) is 25.8 Å². The van der Waals surface area contributed by atoms with Crippen LogP contribution in [0.3, 0.4) is 0 Å². The van der Waals surface area contributed by atoms with Gasteiger partial charge in [-0.1, -0.05) is 136 Å². The molecule has 11 unspecified atom stereocenters. The third-order valence-corrected chi connectivity index (χ3v) is 19.0. The number of epoxide rings is 1. The number of hydrogen-bond donors (Lipinski definition) is 10. The third-order valence-electron chi connectivity index (χ3n) is 18.7. The normalized spacial score (nSPS) is 24.8. The van der Waals surface area contributed by atoms with Gasteiger partial charge in [0.1, 0.15) is 6.29 Å². The van der Waals surface area contributed by atoms with Crippen molar-refractivity contribution in [2.45, 2.75) is 199 Å². The van der Waals surface area contributed by atoms with Crippen molar-refractivity contribution in [2.24, 2.45) is 41.2 Å². The molecule has 24 nitrogen and oxygen atoms in total. The average molecular weight is 1540 g/mol. The maximum atomic E-state index is 10.0. The van der Waals surface area contributed by atoms with Gasteiger partial charge in [0, 0.05) is 111 Å². The van der Waals surface area contributed by atoms with E-state index in [1.165, 1.54) is 101 Å². The van der Waals surface area contributed by atoms with Gasteiger partial charge in [-0.25, -0.2) is 19.4 Å². The Hall–Kier alpha value is -4.37. The molecule has 601 valence electrons. The van der Waals surface area contributed by atoms with Crippen molar-refractivity contribution in [3.8, 4) is 0 Å². The predicted octanol–water partition coefficient (Wildman–Crippen LogP) is 4.13. The van der Waals surface area contributed by atoms with Gasteiger partial charge in [0.25, 0.3) is 0 Å². The van der Waals surface area contributed by atoms with Gasteiger partial charge >= 0.3 is 41.5 Å². The summed E-state index contributed by atoms with van der Waals surface area (Å²) >= 11 is 5.27. The molecule has 3 radical (unpaired) electrons. The fourth-order valence-electron chi connectivity index (χ4n) is 11.8. The number of halogens is 1. The van der Waals surface area contributed by atoms with Crippen molar-refractivity contribution >= 4 is 43.8 Å². The van der Waals surface area contributed by atoms with E-state index >= 15 is 0 Å². The topological polar surface area (TPSA) is 335 Å². The molecular formula is C81H128BClN6NaO18. The summed E-state index contributed by atoms with van der Waals surface area (Å²) in [6.07, 6.45) is 17.5. The number of aldehydes is 1. The van der Waals surface area contributed by atoms with Gasteiger partial charge in [0.05, 0.1) is 106 Å². The molecule has 6 aliphatic carbocycles. The van der Waals surface area contributed by atoms with Crippen LogP contribution in [-0.4, -0.2) is 244 Å². The number of nitrogens with one attached hydrogen (secondary N) is 3. The zero-order valence-electron chi connectivity index (χ0n) is 62.9. The summed E-state index contributed by atoms with van der Waals surface area (Å²) in [5, 5.41) is 64.7. The Bertz CT molecular complexity index is 2810. The molecule has 6 saturated carbocycles. The molecule has 0 spiro atoms. The number of nitrogens with two attached hydrogens (primary N) is 1. The summed E-state index contributed by atoms with van der Waals surface area (Å²) in [5.74, 6) is 3.05. The summed E-state index contributed by atoms with van der Waals surface area (Å²) in [7, 11) is 4.32. The Kier molecular flexibility index (Phi) is 51.4. The molecule has 5 heterocycles. The minimum Gasteiger partial charge on any atom is -0.793 e. The SMILES string of the molecule is C.C.CC(=O)OOC(C)=O.ClCC1CO1.NCC(O)C1CC1.O=Cc1ccccc1.OC(CNCc1ccccc1)C1CC1.OCC1CN(Cc2ccccc2)CC(C2CC2)O1.OCC1CN(Cc2ccccc2)CC(C2CC2)O1.OCC1CNCC(C2CC2)O1.OCC1CNCC(C2CC2)O1.[B-]OC(C)=O.[Na+]. The minimum absolute atomic E-state index is 0. The smallest absolute Gasteiger partial charge is 0.793 e. The first kappa shape index (κ1) is 97.8. The summed E-state index contributed by atoms with van der Waals surface area (Å²) in [4.78, 5) is 51.6. The zero-order chi connectivity index (χ0) is 75.6. The molecule has 108 heavy (non-hydrogen) atoms. The molecule has 5 saturated heterocycles. The Morgan fingerprint density at radius 3 is 1.15 bits per heavy atom. The van der Waals surface area contributed by atoms with E-state index in [1.54, 1.807) is 12.1 Å². The van der Waals surface area contributed by atoms with E-state index in [2.05, 4.69) is 109 Å². The molecule has 0 bridgehead atoms. The largest absolute Gasteiger partial charge is 1.00 e. The van der Waals surface area contributed by atoms with Crippen LogP contribution in [0.4, 0.5) is 0 Å². The molecule has 11 aliphatic rings. The van der Waals surface area contributed by atoms with Gasteiger partial charge < -0.3 is 88.7 Å². The summed E-state index contributed by atoms with van der Waals surface area (Å²) in [6, 6.07) is 40.4. The Balaban J connectivity index is 0.000000318. The van der Waals surface area contributed by atoms with Gasteiger partial charge in [-0.2, -0.15) is 0 Å². The number of carbonyl (C=O) groups excluding carboxylic acids is 4. The number of nitrogens with zero attached hydrogens (tertiary/aromatic N) is 2. The van der Waals surface area contributed by atoms with Crippen LogP contribution in [0.1, 0.15) is 140 Å². The molecular weight excluding hydrogens is 1410 g/mol. The second-order valence-electron chi connectivity index (χ2n) is 28.5. The maximum Gasteiger partial charge on any atom is 1.00 e. The minimum atomic E-state index is -0.639. The van der Waals surface area contributed by atoms with Crippen LogP contribution in [-0.2, 0) is 72.1 Å². The van der Waals surface area contributed by atoms with E-state index < -0.39 is 17.9 Å². The van der Waals surface area contributed by atoms with Gasteiger partial charge in [-0.15, -0.1) is 11.6 Å². The van der Waals surface area contributed by atoms with Gasteiger partial charge in [-0.05, 0) is 129 Å². The number of benzene rings is 4. The van der Waals surface area contributed by atoms with E-state index in [4.69, 9.17) is 56.3 Å². The van der Waals surface area contributed by atoms with E-state index in [-0.39, 0.29) is 107 Å². The number of ether oxygens (including phenoxy) is 5. The summed E-state index contributed by atoms with van der Waals surface area (Å²) < 4.78 is 31.5. The van der Waals surface area contributed by atoms with Gasteiger partial charge in [0.15, 0.2) is 0 Å². The van der Waals surface area contributed by atoms with Crippen molar-refractivity contribution in [2.75, 3.05) is 104 Å². The molecule has 11 N–H and O–H groups in total. The van der Waals surface area contributed by atoms with Crippen molar-refractivity contribution < 1.29 is 117 Å². The second-order valence-corrected chi connectivity index (χ2v) is 28.8. The van der Waals surface area contributed by atoms with Crippen LogP contribution in [0.2, 0.25) is 0 Å². The van der Waals surface area contributed by atoms with Crippen LogP contribution in [0.5, 0.6) is 0 Å². The van der Waals surface area contributed by atoms with Crippen LogP contribution in [0.15, 0.2) is 121 Å². The molecule has 15 rings (SSSR count). The van der Waals surface area contributed by atoms with Gasteiger partial charge in [-0.3, -0.25) is 19.4 Å². The standard InChI is InChI=1S/2C15H21NO2.C12H17NO.2C8H15NO2.C7H6O.C5H11NO.C4H6O4.C3H5ClO.C2H3BO2.2CH4.Na/c2*17-11-14-9-16(8-12-4-2-1-3-5-12)10-15(18-14)13-6-7-13;14-12(11-6-7-11)9-13-8-10-4-2-1-3-5-10;2*10-5-7-3-9-4-8(11-7)6-1-2-6;8-6-7-4-2-1-3-5-7;6-3-5(7)4-1-2-4;1-3(5)7-8-4(2)6;4-1-3-2-5-3;1-2(4)5-3;;;/h2*1-5,13-15,17H,6-11H2;1-5,11-14H,6-9H2;2*6-10H,1-5H2;1-6H;4-5,7H,1-3,6H2;1-2H3;3H,1-2H2;1H3;2*1H4;/q;;;;;;;;;-1;;;+1. The molecule has 11 atom stereocenters. The molecule has 4 aromatic rings. The first-order chi connectivity index (χ1) is 51.0. The van der Waals surface area contributed by atoms with Crippen LogP contribution in [0.25, 0.3) is 0 Å². The van der Waals surface area contributed by atoms with Gasteiger partial charge in [0.2, 0.25) is 5.97 Å². The number of morpholine rings is 4. The first-order valence-corrected chi connectivity index (χ1v) is 38.2. The molecule has 11 fully saturated rings. The fraction of sp³-hybridized carbons (Fsp3) is 0.654. The number of aliphatic hydroxyl groups excluding tert-OH is 6. The van der Waals surface area contributed by atoms with Crippen LogP contribution < -0.4 is 51.2 Å². The molecule has 27 heteroatoms. The zero-order valence-corrected chi connectivity index (χ0v) is 65.6. The molecule has 5 aliphatic heterocycles. The Labute approximate surface area is 671 Å². The average Bonchev–Trinajstić information content (AvgIpc) is 1.72. The predicted molar refractivity (Wildman–Crippen MR) is 415 cm³/mol.